The van der Waals surface area contributed by atoms with Gasteiger partial charge < -0.3 is 14.3 Å². The van der Waals surface area contributed by atoms with Gasteiger partial charge in [0.05, 0.1) is 18.5 Å². The molecule has 1 N–H and O–H groups in total. The number of carbonyl (C=O) groups excluding carboxylic acids is 1. The van der Waals surface area contributed by atoms with E-state index in [0.29, 0.717) is 23.7 Å². The third-order valence-electron chi connectivity index (χ3n) is 4.11. The summed E-state index contributed by atoms with van der Waals surface area (Å²) in [4.78, 5) is 19.9. The molecular weight excluding hydrogens is 356 g/mol. The Morgan fingerprint density at radius 1 is 1.18 bits per heavy atom. The van der Waals surface area contributed by atoms with Crippen LogP contribution in [0.4, 0.5) is 5.69 Å². The SMILES string of the molecule is CCCCOc1ccc(-c2nc(C=Nc3ccc(C(C)=O)cc3)c(O)o2)cc1. The fourth-order valence-corrected chi connectivity index (χ4v) is 2.48. The number of hydrogen-bond acceptors (Lipinski definition) is 6. The van der Waals surface area contributed by atoms with Crippen molar-refractivity contribution in [3.63, 3.8) is 0 Å². The predicted octanol–water partition coefficient (Wildman–Crippen LogP) is 5.18. The number of aromatic hydroxyl groups is 1. The van der Waals surface area contributed by atoms with E-state index in [4.69, 9.17) is 9.15 Å². The first-order valence-electron chi connectivity index (χ1n) is 9.15. The number of oxazole rings is 1. The summed E-state index contributed by atoms with van der Waals surface area (Å²) >= 11 is 0. The Balaban J connectivity index is 1.71. The number of benzene rings is 2. The second-order valence-electron chi connectivity index (χ2n) is 6.30. The monoisotopic (exact) mass is 378 g/mol. The summed E-state index contributed by atoms with van der Waals surface area (Å²) in [6.45, 7) is 4.31. The molecule has 2 aromatic carbocycles. The Bertz CT molecular complexity index is 957. The zero-order valence-electron chi connectivity index (χ0n) is 15.9. The number of rotatable bonds is 8. The zero-order valence-corrected chi connectivity index (χ0v) is 15.9. The maximum absolute atomic E-state index is 11.3. The largest absolute Gasteiger partial charge is 0.494 e. The summed E-state index contributed by atoms with van der Waals surface area (Å²) in [5, 5.41) is 10.00. The summed E-state index contributed by atoms with van der Waals surface area (Å²) in [7, 11) is 0. The van der Waals surface area contributed by atoms with Crippen LogP contribution < -0.4 is 4.74 Å². The van der Waals surface area contributed by atoms with Crippen LogP contribution in [-0.2, 0) is 0 Å². The van der Waals surface area contributed by atoms with Gasteiger partial charge in [0.25, 0.3) is 0 Å². The lowest BCUT2D eigenvalue weighted by Crippen LogP contribution is -1.95. The number of ketones is 1. The molecule has 6 nitrogen and oxygen atoms in total. The highest BCUT2D eigenvalue weighted by Crippen LogP contribution is 2.27. The van der Waals surface area contributed by atoms with E-state index >= 15 is 0 Å². The average molecular weight is 378 g/mol. The molecule has 144 valence electrons. The lowest BCUT2D eigenvalue weighted by molar-refractivity contribution is 0.101. The topological polar surface area (TPSA) is 84.9 Å². The molecule has 0 fully saturated rings. The lowest BCUT2D eigenvalue weighted by Gasteiger charge is -2.05. The van der Waals surface area contributed by atoms with Gasteiger partial charge in [-0.2, -0.15) is 0 Å². The highest BCUT2D eigenvalue weighted by atomic mass is 16.5. The molecule has 0 aliphatic rings. The Kier molecular flexibility index (Phi) is 6.22. The molecule has 0 aliphatic carbocycles. The number of unbranched alkanes of at least 4 members (excludes halogenated alkanes) is 1. The van der Waals surface area contributed by atoms with E-state index in [1.54, 1.807) is 24.3 Å². The van der Waals surface area contributed by atoms with Crippen LogP contribution in [0.5, 0.6) is 11.7 Å². The maximum atomic E-state index is 11.3. The van der Waals surface area contributed by atoms with Crippen molar-refractivity contribution in [2.24, 2.45) is 4.99 Å². The van der Waals surface area contributed by atoms with Gasteiger partial charge in [0.2, 0.25) is 5.89 Å². The van der Waals surface area contributed by atoms with Crippen molar-refractivity contribution in [2.45, 2.75) is 26.7 Å². The Labute approximate surface area is 163 Å². The fourth-order valence-electron chi connectivity index (χ4n) is 2.48. The van der Waals surface area contributed by atoms with Crippen LogP contribution in [0.25, 0.3) is 11.5 Å². The quantitative estimate of drug-likeness (QED) is 0.332. The number of ether oxygens (including phenoxy) is 1. The van der Waals surface area contributed by atoms with Gasteiger partial charge in [-0.05, 0) is 61.9 Å². The molecule has 0 aliphatic heterocycles. The van der Waals surface area contributed by atoms with Crippen LogP contribution in [0.2, 0.25) is 0 Å². The molecule has 0 radical (unpaired) electrons. The number of Topliss-reactive ketones (excluding diaryl/α,β-unsaturated/α-hetero) is 1. The van der Waals surface area contributed by atoms with Crippen molar-refractivity contribution in [3.8, 4) is 23.1 Å². The van der Waals surface area contributed by atoms with E-state index < -0.39 is 0 Å². The number of nitrogens with zero attached hydrogens (tertiary/aromatic N) is 2. The van der Waals surface area contributed by atoms with Gasteiger partial charge in [-0.15, -0.1) is 0 Å². The molecule has 3 rings (SSSR count). The first-order valence-corrected chi connectivity index (χ1v) is 9.15. The van der Waals surface area contributed by atoms with Gasteiger partial charge in [0, 0.05) is 11.1 Å². The third kappa shape index (κ3) is 4.85. The zero-order chi connectivity index (χ0) is 19.9. The molecular formula is C22H22N2O4. The molecule has 0 saturated carbocycles. The molecule has 1 aromatic heterocycles. The lowest BCUT2D eigenvalue weighted by atomic mass is 10.1. The molecule has 0 amide bonds. The Hall–Kier alpha value is -3.41. The smallest absolute Gasteiger partial charge is 0.312 e. The van der Waals surface area contributed by atoms with Crippen molar-refractivity contribution >= 4 is 17.7 Å². The average Bonchev–Trinajstić information content (AvgIpc) is 3.08. The standard InChI is InChI=1S/C22H22N2O4/c1-3-4-13-27-19-11-7-17(8-12-19)21-24-20(22(26)28-21)14-23-18-9-5-16(6-10-18)15(2)25/h5-12,14,26H,3-4,13H2,1-2H3. The number of carbonyl (C=O) groups is 1. The van der Waals surface area contributed by atoms with E-state index in [9.17, 15) is 9.90 Å². The van der Waals surface area contributed by atoms with Gasteiger partial charge >= 0.3 is 5.95 Å². The van der Waals surface area contributed by atoms with E-state index in [1.165, 1.54) is 13.1 Å². The van der Waals surface area contributed by atoms with Crippen molar-refractivity contribution in [2.75, 3.05) is 6.61 Å². The Morgan fingerprint density at radius 3 is 2.54 bits per heavy atom. The summed E-state index contributed by atoms with van der Waals surface area (Å²) in [5.74, 6) is 0.772. The van der Waals surface area contributed by atoms with Crippen LogP contribution in [0.15, 0.2) is 57.9 Å². The summed E-state index contributed by atoms with van der Waals surface area (Å²) in [6, 6.07) is 14.2. The highest BCUT2D eigenvalue weighted by Gasteiger charge is 2.12. The summed E-state index contributed by atoms with van der Waals surface area (Å²) in [6.07, 6.45) is 3.52. The van der Waals surface area contributed by atoms with Gasteiger partial charge in [-0.25, -0.2) is 4.98 Å². The molecule has 1 heterocycles. The highest BCUT2D eigenvalue weighted by molar-refractivity contribution is 5.94. The van der Waals surface area contributed by atoms with Crippen LogP contribution >= 0.6 is 0 Å². The van der Waals surface area contributed by atoms with Crippen LogP contribution in [0, 0.1) is 0 Å². The van der Waals surface area contributed by atoms with Crippen LogP contribution in [0.1, 0.15) is 42.7 Å². The first kappa shape index (κ1) is 19.4. The number of aliphatic imine (C=N–C) groups is 1. The molecule has 6 heteroatoms. The molecule has 0 atom stereocenters. The third-order valence-corrected chi connectivity index (χ3v) is 4.11. The molecule has 0 bridgehead atoms. The van der Waals surface area contributed by atoms with E-state index in [2.05, 4.69) is 16.9 Å². The van der Waals surface area contributed by atoms with Gasteiger partial charge in [-0.3, -0.25) is 9.79 Å². The first-order chi connectivity index (χ1) is 13.6. The van der Waals surface area contributed by atoms with Crippen molar-refractivity contribution in [3.05, 3.63) is 59.8 Å². The molecule has 3 aromatic rings. The van der Waals surface area contributed by atoms with Crippen molar-refractivity contribution < 1.29 is 19.1 Å². The van der Waals surface area contributed by atoms with Crippen molar-refractivity contribution in [1.82, 2.24) is 4.98 Å². The van der Waals surface area contributed by atoms with Gasteiger partial charge in [0.1, 0.15) is 5.75 Å². The van der Waals surface area contributed by atoms with Crippen LogP contribution in [0.3, 0.4) is 0 Å². The van der Waals surface area contributed by atoms with Crippen molar-refractivity contribution in [1.29, 1.82) is 0 Å². The number of aromatic nitrogens is 1. The van der Waals surface area contributed by atoms with Gasteiger partial charge in [-0.1, -0.05) is 13.3 Å². The van der Waals surface area contributed by atoms with E-state index in [-0.39, 0.29) is 17.4 Å². The minimum absolute atomic E-state index is 0.00361. The van der Waals surface area contributed by atoms with E-state index in [1.807, 2.05) is 24.3 Å². The summed E-state index contributed by atoms with van der Waals surface area (Å²) < 4.78 is 11.0. The minimum Gasteiger partial charge on any atom is -0.494 e. The molecule has 28 heavy (non-hydrogen) atoms. The number of hydrogen-bond donors (Lipinski definition) is 1. The maximum Gasteiger partial charge on any atom is 0.312 e. The Morgan fingerprint density at radius 2 is 1.89 bits per heavy atom. The second-order valence-corrected chi connectivity index (χ2v) is 6.30. The normalized spacial score (nSPS) is 11.1. The fraction of sp³-hybridized carbons (Fsp3) is 0.227. The summed E-state index contributed by atoms with van der Waals surface area (Å²) in [5.41, 5.74) is 2.22. The molecule has 0 spiro atoms. The van der Waals surface area contributed by atoms with Crippen LogP contribution in [-0.4, -0.2) is 28.7 Å². The minimum atomic E-state index is -0.303. The predicted molar refractivity (Wildman–Crippen MR) is 108 cm³/mol. The molecule has 0 saturated heterocycles. The van der Waals surface area contributed by atoms with E-state index in [0.717, 1.165) is 24.2 Å². The molecule has 0 unspecified atom stereocenters. The van der Waals surface area contributed by atoms with Gasteiger partial charge in [0.15, 0.2) is 11.5 Å². The second kappa shape index (κ2) is 8.99.